The Balaban J connectivity index is 1.21. The van der Waals surface area contributed by atoms with Gasteiger partial charge in [0.1, 0.15) is 0 Å². The summed E-state index contributed by atoms with van der Waals surface area (Å²) in [6.45, 7) is 6.91. The third-order valence-electron chi connectivity index (χ3n) is 10.3. The largest absolute Gasteiger partial charge is 0.481 e. The lowest BCUT2D eigenvalue weighted by Gasteiger charge is -2.64. The van der Waals surface area contributed by atoms with Gasteiger partial charge in [-0.3, -0.25) is 9.59 Å². The van der Waals surface area contributed by atoms with Crippen molar-refractivity contribution in [2.75, 3.05) is 0 Å². The number of carbonyl (C=O) groups is 2. The zero-order valence-electron chi connectivity index (χ0n) is 23.5. The molecule has 1 heterocycles. The van der Waals surface area contributed by atoms with Crippen molar-refractivity contribution in [3.05, 3.63) is 69.7 Å². The van der Waals surface area contributed by atoms with E-state index in [-0.39, 0.29) is 41.2 Å². The van der Waals surface area contributed by atoms with Gasteiger partial charge in [0.15, 0.2) is 5.78 Å². The summed E-state index contributed by atoms with van der Waals surface area (Å²) in [6.07, 6.45) is 5.87. The first-order valence-corrected chi connectivity index (χ1v) is 15.5. The minimum absolute atomic E-state index is 0.0294. The van der Waals surface area contributed by atoms with E-state index in [1.165, 1.54) is 6.42 Å². The summed E-state index contributed by atoms with van der Waals surface area (Å²) >= 11 is 12.5. The number of Topliss-reactive ketones (excluding diaryl/α,β-unsaturated/α-hetero) is 1. The molecule has 4 saturated carbocycles. The molecule has 2 aromatic carbocycles. The molecule has 8 heteroatoms. The van der Waals surface area contributed by atoms with Crippen LogP contribution in [0.5, 0.6) is 0 Å². The first-order chi connectivity index (χ1) is 19.0. The van der Waals surface area contributed by atoms with Gasteiger partial charge < -0.3 is 14.6 Å². The zero-order chi connectivity index (χ0) is 28.2. The van der Waals surface area contributed by atoms with Crippen LogP contribution in [-0.2, 0) is 20.5 Å². The van der Waals surface area contributed by atoms with E-state index in [1.807, 2.05) is 30.3 Å². The molecule has 40 heavy (non-hydrogen) atoms. The van der Waals surface area contributed by atoms with Crippen LogP contribution in [0.15, 0.2) is 48.5 Å². The zero-order valence-corrected chi connectivity index (χ0v) is 25.0. The van der Waals surface area contributed by atoms with Crippen molar-refractivity contribution >= 4 is 42.0 Å². The normalized spacial score (nSPS) is 29.7. The SMILES string of the molecule is CC1(C)[C@@H]2C[C@H]1[C@]1(C)OB([C@H](CC3CC3)NC(=O)[C@@H](CC(=O)c3cc(Cl)ccc3Cl)Cc3ccccc3)O[C@@H]1C2. The van der Waals surface area contributed by atoms with Crippen molar-refractivity contribution in [1.29, 1.82) is 0 Å². The average molecular weight is 582 g/mol. The highest BCUT2D eigenvalue weighted by molar-refractivity contribution is 6.48. The molecule has 2 bridgehead atoms. The van der Waals surface area contributed by atoms with Gasteiger partial charge in [0.05, 0.1) is 22.7 Å². The molecule has 1 N–H and O–H groups in total. The van der Waals surface area contributed by atoms with E-state index in [1.54, 1.807) is 18.2 Å². The maximum absolute atomic E-state index is 14.0. The average Bonchev–Trinajstić information content (AvgIpc) is 3.66. The number of rotatable bonds is 10. The van der Waals surface area contributed by atoms with Crippen molar-refractivity contribution in [3.63, 3.8) is 0 Å². The highest BCUT2D eigenvalue weighted by Gasteiger charge is 2.68. The summed E-state index contributed by atoms with van der Waals surface area (Å²) in [5.74, 6) is 0.501. The number of hydrogen-bond acceptors (Lipinski definition) is 4. The van der Waals surface area contributed by atoms with Gasteiger partial charge in [0.2, 0.25) is 5.91 Å². The quantitative estimate of drug-likeness (QED) is 0.243. The number of carbonyl (C=O) groups excluding carboxylic acids is 2. The number of amides is 1. The van der Waals surface area contributed by atoms with Gasteiger partial charge >= 0.3 is 7.12 Å². The summed E-state index contributed by atoms with van der Waals surface area (Å²) in [5, 5.41) is 4.08. The number of ketones is 1. The van der Waals surface area contributed by atoms with Crippen LogP contribution in [0.4, 0.5) is 0 Å². The minimum atomic E-state index is -0.572. The Morgan fingerprint density at radius 3 is 2.52 bits per heavy atom. The molecule has 2 aromatic rings. The van der Waals surface area contributed by atoms with Gasteiger partial charge in [-0.05, 0) is 79.5 Å². The van der Waals surface area contributed by atoms with E-state index in [4.69, 9.17) is 32.5 Å². The fourth-order valence-electron chi connectivity index (χ4n) is 7.52. The van der Waals surface area contributed by atoms with Gasteiger partial charge in [-0.15, -0.1) is 0 Å². The maximum atomic E-state index is 14.0. The van der Waals surface area contributed by atoms with Crippen LogP contribution < -0.4 is 5.32 Å². The molecule has 1 saturated heterocycles. The van der Waals surface area contributed by atoms with Crippen LogP contribution in [0.25, 0.3) is 0 Å². The molecular weight excluding hydrogens is 544 g/mol. The minimum Gasteiger partial charge on any atom is -0.404 e. The molecule has 0 aromatic heterocycles. The first kappa shape index (κ1) is 28.3. The maximum Gasteiger partial charge on any atom is 0.481 e. The van der Waals surface area contributed by atoms with Gasteiger partial charge in [-0.2, -0.15) is 0 Å². The first-order valence-electron chi connectivity index (χ1n) is 14.7. The molecule has 0 spiro atoms. The summed E-state index contributed by atoms with van der Waals surface area (Å²) < 4.78 is 13.4. The highest BCUT2D eigenvalue weighted by Crippen LogP contribution is 2.65. The summed E-state index contributed by atoms with van der Waals surface area (Å²) in [4.78, 5) is 27.4. The Morgan fingerprint density at radius 1 is 1.07 bits per heavy atom. The number of nitrogens with one attached hydrogen (secondary N) is 1. The monoisotopic (exact) mass is 581 g/mol. The van der Waals surface area contributed by atoms with Gasteiger partial charge in [-0.1, -0.05) is 80.2 Å². The molecule has 0 unspecified atom stereocenters. The van der Waals surface area contributed by atoms with Crippen molar-refractivity contribution in [2.24, 2.45) is 29.1 Å². The van der Waals surface area contributed by atoms with E-state index in [0.29, 0.717) is 39.8 Å². The van der Waals surface area contributed by atoms with Crippen LogP contribution in [0.1, 0.15) is 75.2 Å². The van der Waals surface area contributed by atoms with Gasteiger partial charge in [0, 0.05) is 22.9 Å². The molecule has 5 nitrogen and oxygen atoms in total. The Bertz CT molecular complexity index is 1280. The van der Waals surface area contributed by atoms with Crippen LogP contribution in [-0.4, -0.2) is 36.5 Å². The lowest BCUT2D eigenvalue weighted by atomic mass is 9.43. The van der Waals surface area contributed by atoms with Crippen molar-refractivity contribution in [3.8, 4) is 0 Å². The van der Waals surface area contributed by atoms with Gasteiger partial charge in [0.25, 0.3) is 0 Å². The number of halogens is 2. The predicted octanol–water partition coefficient (Wildman–Crippen LogP) is 6.98. The molecule has 212 valence electrons. The second-order valence-electron chi connectivity index (χ2n) is 13.3. The molecule has 0 radical (unpaired) electrons. The summed E-state index contributed by atoms with van der Waals surface area (Å²) in [5.41, 5.74) is 1.26. The third-order valence-corrected chi connectivity index (χ3v) is 10.8. The summed E-state index contributed by atoms with van der Waals surface area (Å²) in [6, 6.07) is 14.7. The molecule has 1 aliphatic heterocycles. The number of benzene rings is 2. The Morgan fingerprint density at radius 2 is 1.82 bits per heavy atom. The van der Waals surface area contributed by atoms with E-state index in [2.05, 4.69) is 26.1 Å². The third kappa shape index (κ3) is 5.37. The standard InChI is InChI=1S/C32H38BCl2NO4/c1-31(2)22-16-27(31)32(3)28(17-22)39-33(40-32)29(14-20-9-10-20)36-30(38)21(13-19-7-5-4-6-8-19)15-26(37)24-18-23(34)11-12-25(24)35/h4-8,11-12,18,20-22,27-29H,9-10,13-17H2,1-3H3,(H,36,38)/t21-,22-,27-,28-,29+,32+/m1/s1. The van der Waals surface area contributed by atoms with Crippen LogP contribution in [0.3, 0.4) is 0 Å². The lowest BCUT2D eigenvalue weighted by molar-refractivity contribution is -0.199. The highest BCUT2D eigenvalue weighted by atomic mass is 35.5. The summed E-state index contributed by atoms with van der Waals surface area (Å²) in [7, 11) is -0.481. The fraction of sp³-hybridized carbons (Fsp3) is 0.562. The van der Waals surface area contributed by atoms with E-state index in [9.17, 15) is 9.59 Å². The van der Waals surface area contributed by atoms with Gasteiger partial charge in [-0.25, -0.2) is 0 Å². The lowest BCUT2D eigenvalue weighted by Crippen LogP contribution is -2.65. The molecule has 5 fully saturated rings. The Hall–Kier alpha value is -1.86. The van der Waals surface area contributed by atoms with Crippen molar-refractivity contribution in [1.82, 2.24) is 5.32 Å². The molecule has 5 aliphatic rings. The molecule has 4 aliphatic carbocycles. The van der Waals surface area contributed by atoms with Crippen molar-refractivity contribution in [2.45, 2.75) is 83.4 Å². The topological polar surface area (TPSA) is 64.6 Å². The Labute approximate surface area is 247 Å². The molecule has 1 amide bonds. The van der Waals surface area contributed by atoms with E-state index in [0.717, 1.165) is 31.2 Å². The molecule has 7 rings (SSSR count). The van der Waals surface area contributed by atoms with Crippen molar-refractivity contribution < 1.29 is 18.9 Å². The molecular formula is C32H38BCl2NO4. The van der Waals surface area contributed by atoms with E-state index < -0.39 is 13.0 Å². The van der Waals surface area contributed by atoms with E-state index >= 15 is 0 Å². The van der Waals surface area contributed by atoms with Crippen LogP contribution in [0.2, 0.25) is 10.0 Å². The smallest absolute Gasteiger partial charge is 0.404 e. The second-order valence-corrected chi connectivity index (χ2v) is 14.1. The second kappa shape index (κ2) is 10.8. The van der Waals surface area contributed by atoms with Crippen LogP contribution >= 0.6 is 23.2 Å². The number of hydrogen-bond donors (Lipinski definition) is 1. The van der Waals surface area contributed by atoms with Crippen LogP contribution in [0, 0.1) is 29.1 Å². The Kier molecular flexibility index (Phi) is 7.61. The fourth-order valence-corrected chi connectivity index (χ4v) is 7.92. The molecule has 6 atom stereocenters. The predicted molar refractivity (Wildman–Crippen MR) is 158 cm³/mol.